The first-order valence-electron chi connectivity index (χ1n) is 7.18. The van der Waals surface area contributed by atoms with E-state index in [1.165, 1.54) is 11.3 Å². The lowest BCUT2D eigenvalue weighted by molar-refractivity contribution is 0.305. The van der Waals surface area contributed by atoms with Crippen LogP contribution >= 0.6 is 27.3 Å². The van der Waals surface area contributed by atoms with Gasteiger partial charge in [-0.2, -0.15) is 4.31 Å². The summed E-state index contributed by atoms with van der Waals surface area (Å²) in [5, 5.41) is 0. The molecule has 0 amide bonds. The Bertz CT molecular complexity index is 533. The molecule has 2 rings (SSSR count). The van der Waals surface area contributed by atoms with Gasteiger partial charge in [0, 0.05) is 12.6 Å². The van der Waals surface area contributed by atoms with Crippen molar-refractivity contribution >= 4 is 37.3 Å². The number of rotatable bonds is 6. The Morgan fingerprint density at radius 2 is 2.00 bits per heavy atom. The summed E-state index contributed by atoms with van der Waals surface area (Å²) in [6.07, 6.45) is 5.22. The van der Waals surface area contributed by atoms with Gasteiger partial charge in [-0.05, 0) is 53.2 Å². The molecule has 6 heteroatoms. The molecule has 0 N–H and O–H groups in total. The van der Waals surface area contributed by atoms with Gasteiger partial charge in [0.15, 0.2) is 0 Å². The van der Waals surface area contributed by atoms with Crippen LogP contribution in [-0.2, 0) is 10.0 Å². The fourth-order valence-electron chi connectivity index (χ4n) is 2.63. The van der Waals surface area contributed by atoms with Gasteiger partial charge in [-0.3, -0.25) is 0 Å². The zero-order chi connectivity index (χ0) is 14.8. The normalized spacial score (nSPS) is 17.4. The average Bonchev–Trinajstić information content (AvgIpc) is 3.00. The van der Waals surface area contributed by atoms with Crippen LogP contribution in [0.3, 0.4) is 0 Å². The summed E-state index contributed by atoms with van der Waals surface area (Å²) in [7, 11) is -3.34. The first-order chi connectivity index (χ1) is 9.41. The lowest BCUT2D eigenvalue weighted by Gasteiger charge is -2.28. The molecule has 0 spiro atoms. The third-order valence-electron chi connectivity index (χ3n) is 3.77. The molecule has 0 radical (unpaired) electrons. The van der Waals surface area contributed by atoms with E-state index in [0.717, 1.165) is 35.9 Å². The van der Waals surface area contributed by atoms with Crippen LogP contribution in [0.5, 0.6) is 0 Å². The number of halogens is 1. The molecule has 1 saturated carbocycles. The van der Waals surface area contributed by atoms with Crippen LogP contribution in [0.4, 0.5) is 0 Å². The van der Waals surface area contributed by atoms with Crippen molar-refractivity contribution in [3.63, 3.8) is 0 Å². The van der Waals surface area contributed by atoms with Crippen LogP contribution in [0.2, 0.25) is 0 Å². The topological polar surface area (TPSA) is 37.4 Å². The van der Waals surface area contributed by atoms with Gasteiger partial charge in [0.1, 0.15) is 4.21 Å². The molecule has 114 valence electrons. The van der Waals surface area contributed by atoms with Crippen molar-refractivity contribution in [2.45, 2.75) is 56.2 Å². The SMILES string of the molecule is CC(C)CCN(C1CCCC1)S(=O)(=O)c1ccc(Br)s1. The van der Waals surface area contributed by atoms with Crippen LogP contribution in [0.1, 0.15) is 46.0 Å². The summed E-state index contributed by atoms with van der Waals surface area (Å²) in [5.74, 6) is 0.518. The molecule has 1 aliphatic rings. The summed E-state index contributed by atoms with van der Waals surface area (Å²) >= 11 is 4.66. The fourth-order valence-corrected chi connectivity index (χ4v) is 6.47. The van der Waals surface area contributed by atoms with E-state index in [1.807, 2.05) is 6.07 Å². The lowest BCUT2D eigenvalue weighted by Crippen LogP contribution is -2.39. The van der Waals surface area contributed by atoms with E-state index in [1.54, 1.807) is 10.4 Å². The first-order valence-corrected chi connectivity index (χ1v) is 10.2. The monoisotopic (exact) mass is 379 g/mol. The molecular formula is C14H22BrNO2S2. The Hall–Kier alpha value is 0.0900. The molecule has 0 atom stereocenters. The van der Waals surface area contributed by atoms with E-state index in [0.29, 0.717) is 16.7 Å². The number of nitrogens with zero attached hydrogens (tertiary/aromatic N) is 1. The molecule has 0 aromatic carbocycles. The molecule has 1 aromatic rings. The van der Waals surface area contributed by atoms with E-state index in [-0.39, 0.29) is 6.04 Å². The van der Waals surface area contributed by atoms with E-state index in [9.17, 15) is 8.42 Å². The van der Waals surface area contributed by atoms with E-state index in [4.69, 9.17) is 0 Å². The van der Waals surface area contributed by atoms with Gasteiger partial charge >= 0.3 is 0 Å². The summed E-state index contributed by atoms with van der Waals surface area (Å²) in [4.78, 5) is 0. The van der Waals surface area contributed by atoms with Crippen LogP contribution in [0.25, 0.3) is 0 Å². The highest BCUT2D eigenvalue weighted by Crippen LogP contribution is 2.33. The summed E-state index contributed by atoms with van der Waals surface area (Å²) < 4.78 is 28.8. The molecule has 1 aromatic heterocycles. The summed E-state index contributed by atoms with van der Waals surface area (Å²) in [5.41, 5.74) is 0. The first kappa shape index (κ1) is 16.5. The Balaban J connectivity index is 2.24. The number of sulfonamides is 1. The van der Waals surface area contributed by atoms with Gasteiger partial charge in [0.2, 0.25) is 0 Å². The summed E-state index contributed by atoms with van der Waals surface area (Å²) in [6, 6.07) is 3.72. The predicted octanol–water partition coefficient (Wildman–Crippen LogP) is 4.49. The smallest absolute Gasteiger partial charge is 0.206 e. The highest BCUT2D eigenvalue weighted by Gasteiger charge is 2.33. The molecular weight excluding hydrogens is 358 g/mol. The third kappa shape index (κ3) is 3.84. The molecule has 3 nitrogen and oxygen atoms in total. The lowest BCUT2D eigenvalue weighted by atomic mass is 10.1. The summed E-state index contributed by atoms with van der Waals surface area (Å²) in [6.45, 7) is 4.92. The third-order valence-corrected chi connectivity index (χ3v) is 7.81. The van der Waals surface area contributed by atoms with Crippen molar-refractivity contribution in [2.75, 3.05) is 6.54 Å². The van der Waals surface area contributed by atoms with E-state index < -0.39 is 10.0 Å². The zero-order valence-corrected chi connectivity index (χ0v) is 15.2. The predicted molar refractivity (Wildman–Crippen MR) is 87.6 cm³/mol. The van der Waals surface area contributed by atoms with Gasteiger partial charge in [-0.25, -0.2) is 8.42 Å². The van der Waals surface area contributed by atoms with Crippen molar-refractivity contribution < 1.29 is 8.42 Å². The van der Waals surface area contributed by atoms with Crippen LogP contribution in [0.15, 0.2) is 20.1 Å². The van der Waals surface area contributed by atoms with Crippen LogP contribution in [0, 0.1) is 5.92 Å². The Labute approximate surface area is 134 Å². The zero-order valence-electron chi connectivity index (χ0n) is 12.0. The van der Waals surface area contributed by atoms with Crippen molar-refractivity contribution in [2.24, 2.45) is 5.92 Å². The van der Waals surface area contributed by atoms with Crippen molar-refractivity contribution in [1.82, 2.24) is 4.31 Å². The van der Waals surface area contributed by atoms with Crippen molar-refractivity contribution in [3.8, 4) is 0 Å². The molecule has 0 aliphatic heterocycles. The van der Waals surface area contributed by atoms with E-state index >= 15 is 0 Å². The van der Waals surface area contributed by atoms with Gasteiger partial charge in [0.05, 0.1) is 3.79 Å². The molecule has 1 heterocycles. The molecule has 0 saturated heterocycles. The highest BCUT2D eigenvalue weighted by molar-refractivity contribution is 9.11. The Morgan fingerprint density at radius 1 is 1.35 bits per heavy atom. The maximum atomic E-state index is 12.9. The Morgan fingerprint density at radius 3 is 2.50 bits per heavy atom. The fraction of sp³-hybridized carbons (Fsp3) is 0.714. The minimum atomic E-state index is -3.34. The van der Waals surface area contributed by atoms with Crippen molar-refractivity contribution in [3.05, 3.63) is 15.9 Å². The largest absolute Gasteiger partial charge is 0.252 e. The maximum absolute atomic E-state index is 12.9. The average molecular weight is 380 g/mol. The minimum Gasteiger partial charge on any atom is -0.206 e. The van der Waals surface area contributed by atoms with Gasteiger partial charge in [-0.1, -0.05) is 26.7 Å². The molecule has 0 bridgehead atoms. The van der Waals surface area contributed by atoms with Gasteiger partial charge in [-0.15, -0.1) is 11.3 Å². The number of thiophene rings is 1. The second-order valence-corrected chi connectivity index (χ2v) is 10.4. The van der Waals surface area contributed by atoms with Crippen LogP contribution < -0.4 is 0 Å². The molecule has 0 unspecified atom stereocenters. The van der Waals surface area contributed by atoms with Gasteiger partial charge < -0.3 is 0 Å². The number of hydrogen-bond donors (Lipinski definition) is 0. The molecule has 1 aliphatic carbocycles. The standard InChI is InChI=1S/C14H22BrNO2S2/c1-11(2)9-10-16(12-5-3-4-6-12)20(17,18)14-8-7-13(15)19-14/h7-8,11-12H,3-6,9-10H2,1-2H3. The molecule has 1 fully saturated rings. The Kier molecular flexibility index (Phi) is 5.68. The highest BCUT2D eigenvalue weighted by atomic mass is 79.9. The second-order valence-electron chi connectivity index (χ2n) is 5.80. The van der Waals surface area contributed by atoms with E-state index in [2.05, 4.69) is 29.8 Å². The van der Waals surface area contributed by atoms with Crippen molar-refractivity contribution in [1.29, 1.82) is 0 Å². The second kappa shape index (κ2) is 6.90. The minimum absolute atomic E-state index is 0.194. The maximum Gasteiger partial charge on any atom is 0.252 e. The van der Waals surface area contributed by atoms with Gasteiger partial charge in [0.25, 0.3) is 10.0 Å². The molecule has 20 heavy (non-hydrogen) atoms. The quantitative estimate of drug-likeness (QED) is 0.729. The van der Waals surface area contributed by atoms with Crippen LogP contribution in [-0.4, -0.2) is 25.3 Å². The number of hydrogen-bond acceptors (Lipinski definition) is 3.